The van der Waals surface area contributed by atoms with Crippen LogP contribution >= 0.6 is 0 Å². The van der Waals surface area contributed by atoms with Gasteiger partial charge in [-0.25, -0.2) is 11.0 Å². The third-order valence-corrected chi connectivity index (χ3v) is 10.5. The largest absolute Gasteiger partial charge is 0.497 e. The second kappa shape index (κ2) is 22.1. The molecule has 14 nitrogen and oxygen atoms in total. The maximum Gasteiger partial charge on any atom is 0.261 e. The standard InChI is InChI=1S/C27H29N3O4.C20H23N3O4/c1-33-24-14-12-22(13-15-24)17-29-20-30(18-21-8-4-2-5-9-21)26(31)16-25(29)27(32)28-34-19-23-10-6-3-7-11-23;1-27-17-9-7-16(8-10-17)12-22-14-23(13-15-5-3-2-4-6-15)19(24)11-18(22)20(25)21-26/h2-15,25H,16-20H2,1H3,(H,28,32);2-10,18,26H,11-14H2,1H3,(H,21,25). The topological polar surface area (TPSA) is 153 Å². The Morgan fingerprint density at radius 2 is 0.918 bits per heavy atom. The van der Waals surface area contributed by atoms with E-state index in [0.29, 0.717) is 39.5 Å². The molecule has 61 heavy (non-hydrogen) atoms. The van der Waals surface area contributed by atoms with Gasteiger partial charge in [0.15, 0.2) is 0 Å². The van der Waals surface area contributed by atoms with E-state index in [1.807, 2.05) is 149 Å². The number of nitrogens with one attached hydrogen (secondary N) is 2. The van der Waals surface area contributed by atoms with Gasteiger partial charge in [0.1, 0.15) is 23.6 Å². The first-order chi connectivity index (χ1) is 29.7. The summed E-state index contributed by atoms with van der Waals surface area (Å²) >= 11 is 0. The minimum absolute atomic E-state index is 0.0232. The molecule has 3 N–H and O–H groups in total. The highest BCUT2D eigenvalue weighted by Crippen LogP contribution is 2.24. The van der Waals surface area contributed by atoms with Crippen molar-refractivity contribution >= 4 is 23.6 Å². The Labute approximate surface area is 356 Å². The normalized spacial score (nSPS) is 16.9. The van der Waals surface area contributed by atoms with Crippen molar-refractivity contribution in [1.82, 2.24) is 30.6 Å². The van der Waals surface area contributed by atoms with E-state index in [2.05, 4.69) is 5.48 Å². The smallest absolute Gasteiger partial charge is 0.261 e. The number of hydroxylamine groups is 2. The van der Waals surface area contributed by atoms with Gasteiger partial charge in [-0.3, -0.25) is 39.0 Å². The van der Waals surface area contributed by atoms with E-state index in [9.17, 15) is 19.2 Å². The molecule has 14 heteroatoms. The van der Waals surface area contributed by atoms with Crippen LogP contribution < -0.4 is 20.4 Å². The summed E-state index contributed by atoms with van der Waals surface area (Å²) in [4.78, 5) is 63.5. The summed E-state index contributed by atoms with van der Waals surface area (Å²) in [5.74, 6) is 0.458. The summed E-state index contributed by atoms with van der Waals surface area (Å²) in [6.07, 6.45) is 0.110. The van der Waals surface area contributed by atoms with Gasteiger partial charge in [-0.1, -0.05) is 115 Å². The van der Waals surface area contributed by atoms with Gasteiger partial charge in [-0.05, 0) is 52.1 Å². The molecule has 4 amide bonds. The molecule has 2 heterocycles. The minimum atomic E-state index is -0.711. The number of benzene rings is 5. The molecule has 2 aliphatic heterocycles. The molecule has 5 aromatic rings. The summed E-state index contributed by atoms with van der Waals surface area (Å²) < 4.78 is 10.4. The van der Waals surface area contributed by atoms with Crippen LogP contribution in [-0.4, -0.2) is 88.1 Å². The average Bonchev–Trinajstić information content (AvgIpc) is 3.30. The van der Waals surface area contributed by atoms with E-state index in [-0.39, 0.29) is 37.2 Å². The molecule has 2 unspecified atom stereocenters. The zero-order valence-corrected chi connectivity index (χ0v) is 34.4. The number of ether oxygens (including phenoxy) is 2. The first-order valence-electron chi connectivity index (χ1n) is 20.0. The number of nitrogens with zero attached hydrogens (tertiary/aromatic N) is 4. The highest BCUT2D eigenvalue weighted by Gasteiger charge is 2.38. The summed E-state index contributed by atoms with van der Waals surface area (Å²) in [5, 5.41) is 9.06. The maximum atomic E-state index is 13.0. The first-order valence-corrected chi connectivity index (χ1v) is 20.0. The molecule has 2 aliphatic rings. The van der Waals surface area contributed by atoms with Crippen molar-refractivity contribution in [1.29, 1.82) is 0 Å². The van der Waals surface area contributed by atoms with Crippen LogP contribution in [0.4, 0.5) is 0 Å². The quantitative estimate of drug-likeness (QED) is 0.0941. The van der Waals surface area contributed by atoms with Crippen LogP contribution in [0.1, 0.15) is 40.7 Å². The maximum absolute atomic E-state index is 13.0. The fourth-order valence-electron chi connectivity index (χ4n) is 7.20. The van der Waals surface area contributed by atoms with E-state index in [1.165, 1.54) is 0 Å². The molecule has 7 rings (SSSR count). The van der Waals surface area contributed by atoms with Crippen LogP contribution in [0.25, 0.3) is 0 Å². The number of carbonyl (C=O) groups is 4. The molecular formula is C47H52N6O8. The zero-order chi connectivity index (χ0) is 43.0. The van der Waals surface area contributed by atoms with Gasteiger partial charge < -0.3 is 19.3 Å². The molecule has 5 aromatic carbocycles. The molecule has 0 spiro atoms. The molecule has 0 radical (unpaired) electrons. The third kappa shape index (κ3) is 12.7. The van der Waals surface area contributed by atoms with Crippen LogP contribution in [0.15, 0.2) is 140 Å². The predicted octanol–water partition coefficient (Wildman–Crippen LogP) is 5.27. The number of rotatable bonds is 15. The van der Waals surface area contributed by atoms with Crippen LogP contribution in [-0.2, 0) is 56.8 Å². The van der Waals surface area contributed by atoms with Gasteiger partial charge in [-0.15, -0.1) is 0 Å². The molecule has 0 saturated carbocycles. The lowest BCUT2D eigenvalue weighted by atomic mass is 10.1. The number of carbonyl (C=O) groups excluding carboxylic acids is 4. The molecule has 2 fully saturated rings. The predicted molar refractivity (Wildman–Crippen MR) is 227 cm³/mol. The van der Waals surface area contributed by atoms with Gasteiger partial charge in [0.05, 0.1) is 47.0 Å². The van der Waals surface area contributed by atoms with E-state index in [4.69, 9.17) is 19.5 Å². The lowest BCUT2D eigenvalue weighted by Gasteiger charge is -2.40. The molecule has 0 aromatic heterocycles. The molecule has 2 atom stereocenters. The summed E-state index contributed by atoms with van der Waals surface area (Å²) in [6, 6.07) is 43.1. The number of hydrogen-bond acceptors (Lipinski definition) is 10. The second-order valence-electron chi connectivity index (χ2n) is 14.8. The van der Waals surface area contributed by atoms with Crippen molar-refractivity contribution in [3.05, 3.63) is 167 Å². The fraction of sp³-hybridized carbons (Fsp3) is 0.277. The Kier molecular flexibility index (Phi) is 16.0. The molecular weight excluding hydrogens is 777 g/mol. The van der Waals surface area contributed by atoms with Crippen molar-refractivity contribution in [3.8, 4) is 11.5 Å². The number of methoxy groups -OCH3 is 2. The SMILES string of the molecule is COc1ccc(CN2CN(Cc3ccccc3)C(=O)CC2C(=O)NO)cc1.COc1ccc(CN2CN(Cc3ccccc3)C(=O)CC2C(=O)NOCc2ccccc2)cc1. The summed E-state index contributed by atoms with van der Waals surface area (Å²) in [6.45, 7) is 2.87. The van der Waals surface area contributed by atoms with Gasteiger partial charge >= 0.3 is 0 Å². The van der Waals surface area contributed by atoms with E-state index >= 15 is 0 Å². The Morgan fingerprint density at radius 1 is 0.541 bits per heavy atom. The van der Waals surface area contributed by atoms with Crippen LogP contribution in [0.2, 0.25) is 0 Å². The Bertz CT molecular complexity index is 2160. The van der Waals surface area contributed by atoms with Crippen molar-refractivity contribution in [3.63, 3.8) is 0 Å². The Balaban J connectivity index is 0.000000210. The van der Waals surface area contributed by atoms with E-state index in [0.717, 1.165) is 39.3 Å². The van der Waals surface area contributed by atoms with Crippen molar-refractivity contribution in [2.75, 3.05) is 27.6 Å². The van der Waals surface area contributed by atoms with Crippen LogP contribution in [0.3, 0.4) is 0 Å². The van der Waals surface area contributed by atoms with E-state index < -0.39 is 18.0 Å². The lowest BCUT2D eigenvalue weighted by Crippen LogP contribution is -2.57. The molecule has 2 saturated heterocycles. The van der Waals surface area contributed by atoms with Gasteiger partial charge in [0.2, 0.25) is 11.8 Å². The first kappa shape index (κ1) is 44.0. The van der Waals surface area contributed by atoms with Gasteiger partial charge in [-0.2, -0.15) is 0 Å². The van der Waals surface area contributed by atoms with Crippen LogP contribution in [0, 0.1) is 0 Å². The highest BCUT2D eigenvalue weighted by molar-refractivity contribution is 5.89. The van der Waals surface area contributed by atoms with E-state index in [1.54, 1.807) is 29.5 Å². The fourth-order valence-corrected chi connectivity index (χ4v) is 7.20. The number of amides is 4. The molecule has 0 aliphatic carbocycles. The monoisotopic (exact) mass is 828 g/mol. The lowest BCUT2D eigenvalue weighted by molar-refractivity contribution is -0.154. The average molecular weight is 829 g/mol. The van der Waals surface area contributed by atoms with Crippen molar-refractivity contribution < 1.29 is 38.7 Å². The van der Waals surface area contributed by atoms with Crippen molar-refractivity contribution in [2.45, 2.75) is 57.7 Å². The molecule has 0 bridgehead atoms. The van der Waals surface area contributed by atoms with Gasteiger partial charge in [0, 0.05) is 26.2 Å². The van der Waals surface area contributed by atoms with Gasteiger partial charge in [0.25, 0.3) is 11.8 Å². The van der Waals surface area contributed by atoms with Crippen LogP contribution in [0.5, 0.6) is 11.5 Å². The Hall–Kier alpha value is -6.58. The molecule has 318 valence electrons. The Morgan fingerprint density at radius 3 is 1.31 bits per heavy atom. The number of hydrogen-bond donors (Lipinski definition) is 3. The minimum Gasteiger partial charge on any atom is -0.497 e. The van der Waals surface area contributed by atoms with Crippen molar-refractivity contribution in [2.24, 2.45) is 0 Å². The highest BCUT2D eigenvalue weighted by atomic mass is 16.7. The second-order valence-corrected chi connectivity index (χ2v) is 14.8. The summed E-state index contributed by atoms with van der Waals surface area (Å²) in [5.41, 5.74) is 9.27. The zero-order valence-electron chi connectivity index (χ0n) is 34.4. The third-order valence-electron chi connectivity index (χ3n) is 10.5. The summed E-state index contributed by atoms with van der Waals surface area (Å²) in [7, 11) is 3.23.